The Labute approximate surface area is 211 Å². The molecule has 0 saturated heterocycles. The maximum Gasteiger partial charge on any atom is 0.335 e. The summed E-state index contributed by atoms with van der Waals surface area (Å²) in [6.07, 6.45) is 2.90. The van der Waals surface area contributed by atoms with Gasteiger partial charge in [0.1, 0.15) is 11.4 Å². The van der Waals surface area contributed by atoms with E-state index < -0.39 is 5.97 Å². The van der Waals surface area contributed by atoms with Gasteiger partial charge in [0.15, 0.2) is 5.76 Å². The number of aryl methyl sites for hydroxylation is 1. The van der Waals surface area contributed by atoms with Crippen LogP contribution in [0.3, 0.4) is 0 Å². The second-order valence-electron chi connectivity index (χ2n) is 8.96. The molecule has 0 spiro atoms. The van der Waals surface area contributed by atoms with Crippen molar-refractivity contribution in [1.29, 1.82) is 0 Å². The van der Waals surface area contributed by atoms with Crippen LogP contribution in [0.4, 0.5) is 0 Å². The van der Waals surface area contributed by atoms with E-state index in [-0.39, 0.29) is 5.56 Å². The molecule has 0 aliphatic rings. The van der Waals surface area contributed by atoms with Crippen LogP contribution in [0.5, 0.6) is 0 Å². The van der Waals surface area contributed by atoms with Crippen LogP contribution < -0.4 is 0 Å². The first kappa shape index (κ1) is 22.7. The van der Waals surface area contributed by atoms with Gasteiger partial charge in [-0.05, 0) is 47.0 Å². The minimum absolute atomic E-state index is 0.256. The predicted molar refractivity (Wildman–Crippen MR) is 139 cm³/mol. The van der Waals surface area contributed by atoms with Crippen molar-refractivity contribution < 1.29 is 14.3 Å². The van der Waals surface area contributed by atoms with Gasteiger partial charge in [0.25, 0.3) is 0 Å². The average molecular weight is 493 g/mol. The van der Waals surface area contributed by atoms with Crippen LogP contribution in [0.25, 0.3) is 44.7 Å². The summed E-state index contributed by atoms with van der Waals surface area (Å²) in [5, 5.41) is 24.9. The fourth-order valence-corrected chi connectivity index (χ4v) is 4.71. The number of benzene rings is 3. The number of nitrogens with one attached hydrogen (secondary N) is 1. The van der Waals surface area contributed by atoms with E-state index in [0.717, 1.165) is 63.8 Å². The summed E-state index contributed by atoms with van der Waals surface area (Å²) in [6, 6.07) is 21.2. The number of carbonyl (C=O) groups is 1. The highest BCUT2D eigenvalue weighted by molar-refractivity contribution is 6.00. The standard InChI is InChI=1S/C28H24N6O3/c1-2-3-8-24-29-21-14-13-19(28(35)36)15-22(21)34(24)16-17-9-11-18(12-10-17)25-20-6-4-5-7-23(20)37-26(25)27-30-32-33-31-27/h4-7,9-15H,2-3,8,16H2,1H3,(H,35,36)(H,30,31,32,33). The summed E-state index contributed by atoms with van der Waals surface area (Å²) >= 11 is 0. The van der Waals surface area contributed by atoms with Crippen LogP contribution in [0.2, 0.25) is 0 Å². The number of unbranched alkanes of at least 4 members (excludes halogenated alkanes) is 1. The molecule has 0 amide bonds. The number of tetrazole rings is 1. The fourth-order valence-electron chi connectivity index (χ4n) is 4.71. The monoisotopic (exact) mass is 492 g/mol. The van der Waals surface area contributed by atoms with Crippen LogP contribution in [0, 0.1) is 0 Å². The van der Waals surface area contributed by atoms with E-state index in [1.807, 2.05) is 24.3 Å². The number of para-hydroxylation sites is 1. The van der Waals surface area contributed by atoms with Crippen LogP contribution in [-0.2, 0) is 13.0 Å². The normalized spacial score (nSPS) is 11.5. The number of aromatic amines is 1. The number of carboxylic acids is 1. The minimum atomic E-state index is -0.946. The number of furan rings is 1. The van der Waals surface area contributed by atoms with E-state index in [1.165, 1.54) is 0 Å². The number of carboxylic acid groups (broad SMARTS) is 1. The lowest BCUT2D eigenvalue weighted by Crippen LogP contribution is -2.06. The highest BCUT2D eigenvalue weighted by Crippen LogP contribution is 2.39. The molecule has 0 bridgehead atoms. The van der Waals surface area contributed by atoms with Gasteiger partial charge in [-0.1, -0.05) is 55.8 Å². The molecule has 0 aliphatic carbocycles. The van der Waals surface area contributed by atoms with E-state index >= 15 is 0 Å². The summed E-state index contributed by atoms with van der Waals surface area (Å²) in [4.78, 5) is 16.4. The number of fused-ring (bicyclic) bond motifs is 2. The molecule has 6 rings (SSSR count). The number of rotatable bonds is 8. The predicted octanol–water partition coefficient (Wildman–Crippen LogP) is 5.72. The van der Waals surface area contributed by atoms with Crippen LogP contribution in [0.15, 0.2) is 71.1 Å². The first-order valence-corrected chi connectivity index (χ1v) is 12.2. The Balaban J connectivity index is 1.40. The SMILES string of the molecule is CCCCc1nc2ccc(C(=O)O)cc2n1Cc1ccc(-c2c(-c3nn[nH]n3)oc3ccccc23)cc1. The Bertz CT molecular complexity index is 1710. The number of imidazole rings is 1. The maximum atomic E-state index is 11.6. The van der Waals surface area contributed by atoms with E-state index in [2.05, 4.69) is 56.4 Å². The quantitative estimate of drug-likeness (QED) is 0.279. The van der Waals surface area contributed by atoms with Gasteiger partial charge in [-0.2, -0.15) is 5.21 Å². The Morgan fingerprint density at radius 3 is 2.68 bits per heavy atom. The Kier molecular flexibility index (Phi) is 5.72. The minimum Gasteiger partial charge on any atom is -0.478 e. The van der Waals surface area contributed by atoms with Gasteiger partial charge in [-0.15, -0.1) is 10.2 Å². The molecule has 3 aromatic heterocycles. The largest absolute Gasteiger partial charge is 0.478 e. The molecule has 0 aliphatic heterocycles. The number of hydrogen-bond donors (Lipinski definition) is 2. The molecule has 0 fully saturated rings. The molecule has 3 heterocycles. The van der Waals surface area contributed by atoms with Crippen molar-refractivity contribution in [2.24, 2.45) is 0 Å². The topological polar surface area (TPSA) is 123 Å². The maximum absolute atomic E-state index is 11.6. The van der Waals surface area contributed by atoms with E-state index in [1.54, 1.807) is 18.2 Å². The number of aromatic nitrogens is 6. The lowest BCUT2D eigenvalue weighted by molar-refractivity contribution is 0.0697. The number of hydrogen-bond acceptors (Lipinski definition) is 6. The molecule has 0 radical (unpaired) electrons. The molecule has 0 atom stereocenters. The van der Waals surface area contributed by atoms with E-state index in [9.17, 15) is 9.90 Å². The fraction of sp³-hybridized carbons (Fsp3) is 0.179. The van der Waals surface area contributed by atoms with Gasteiger partial charge in [-0.25, -0.2) is 9.78 Å². The highest BCUT2D eigenvalue weighted by atomic mass is 16.4. The van der Waals surface area contributed by atoms with E-state index in [0.29, 0.717) is 18.1 Å². The van der Waals surface area contributed by atoms with Gasteiger partial charge in [0.2, 0.25) is 5.82 Å². The van der Waals surface area contributed by atoms with Crippen molar-refractivity contribution in [2.45, 2.75) is 32.7 Å². The second kappa shape index (κ2) is 9.34. The summed E-state index contributed by atoms with van der Waals surface area (Å²) in [6.45, 7) is 2.74. The summed E-state index contributed by atoms with van der Waals surface area (Å²) in [7, 11) is 0. The zero-order valence-corrected chi connectivity index (χ0v) is 20.2. The lowest BCUT2D eigenvalue weighted by atomic mass is 10.00. The van der Waals surface area contributed by atoms with Crippen molar-refractivity contribution in [3.63, 3.8) is 0 Å². The molecular formula is C28H24N6O3. The third-order valence-electron chi connectivity index (χ3n) is 6.56. The van der Waals surface area contributed by atoms with Crippen molar-refractivity contribution in [3.05, 3.63) is 83.7 Å². The van der Waals surface area contributed by atoms with Crippen LogP contribution in [0.1, 0.15) is 41.5 Å². The molecule has 2 N–H and O–H groups in total. The number of nitrogens with zero attached hydrogens (tertiary/aromatic N) is 5. The van der Waals surface area contributed by atoms with Gasteiger partial charge in [0, 0.05) is 23.9 Å². The Morgan fingerprint density at radius 1 is 1.08 bits per heavy atom. The molecule has 0 saturated carbocycles. The zero-order chi connectivity index (χ0) is 25.4. The zero-order valence-electron chi connectivity index (χ0n) is 20.2. The van der Waals surface area contributed by atoms with Crippen molar-refractivity contribution >= 4 is 28.0 Å². The Morgan fingerprint density at radius 2 is 1.92 bits per heavy atom. The molecule has 6 aromatic rings. The number of aromatic carboxylic acids is 1. The van der Waals surface area contributed by atoms with Gasteiger partial charge in [-0.3, -0.25) is 0 Å². The lowest BCUT2D eigenvalue weighted by Gasteiger charge is -2.11. The van der Waals surface area contributed by atoms with Crippen LogP contribution in [-0.4, -0.2) is 41.3 Å². The third-order valence-corrected chi connectivity index (χ3v) is 6.56. The smallest absolute Gasteiger partial charge is 0.335 e. The molecule has 3 aromatic carbocycles. The van der Waals surface area contributed by atoms with Crippen molar-refractivity contribution in [1.82, 2.24) is 30.2 Å². The summed E-state index contributed by atoms with van der Waals surface area (Å²) in [5.41, 5.74) is 5.61. The highest BCUT2D eigenvalue weighted by Gasteiger charge is 2.21. The molecule has 9 nitrogen and oxygen atoms in total. The second-order valence-corrected chi connectivity index (χ2v) is 8.96. The molecular weight excluding hydrogens is 468 g/mol. The van der Waals surface area contributed by atoms with Crippen LogP contribution >= 0.6 is 0 Å². The van der Waals surface area contributed by atoms with Crippen molar-refractivity contribution in [3.8, 4) is 22.7 Å². The first-order chi connectivity index (χ1) is 18.1. The molecule has 37 heavy (non-hydrogen) atoms. The molecule has 9 heteroatoms. The Hall–Kier alpha value is -4.79. The first-order valence-electron chi connectivity index (χ1n) is 12.2. The van der Waals surface area contributed by atoms with E-state index in [4.69, 9.17) is 9.40 Å². The summed E-state index contributed by atoms with van der Waals surface area (Å²) < 4.78 is 8.23. The molecule has 184 valence electrons. The van der Waals surface area contributed by atoms with Gasteiger partial charge >= 0.3 is 5.97 Å². The summed E-state index contributed by atoms with van der Waals surface area (Å²) in [5.74, 6) is 0.976. The van der Waals surface area contributed by atoms with Gasteiger partial charge in [0.05, 0.1) is 16.6 Å². The third kappa shape index (κ3) is 4.14. The average Bonchev–Trinajstić information content (AvgIpc) is 3.65. The molecule has 0 unspecified atom stereocenters. The van der Waals surface area contributed by atoms with Crippen molar-refractivity contribution in [2.75, 3.05) is 0 Å². The van der Waals surface area contributed by atoms with Gasteiger partial charge < -0.3 is 14.1 Å². The number of H-pyrrole nitrogens is 1.